The Bertz CT molecular complexity index is 468. The van der Waals surface area contributed by atoms with Crippen molar-refractivity contribution >= 4 is 11.0 Å². The molecular formula is C10H11N3V4Y3-2. The molecule has 97 valence electrons. The number of fused-ring (bicyclic) bond motifs is 1. The predicted molar refractivity (Wildman–Crippen MR) is 50.5 cm³/mol. The summed E-state index contributed by atoms with van der Waals surface area (Å²) in [4.78, 5) is 12.8. The zero-order chi connectivity index (χ0) is 9.42. The average molecular weight is 644 g/mol. The maximum absolute atomic E-state index is 4.36. The first-order valence-electron chi connectivity index (χ1n) is 4.40. The van der Waals surface area contributed by atoms with Crippen LogP contribution in [0.5, 0.6) is 0 Å². The van der Waals surface area contributed by atoms with Crippen molar-refractivity contribution in [2.75, 3.05) is 0 Å². The third-order valence-electron chi connectivity index (χ3n) is 2.18. The molecular weight excluding hydrogens is 633 g/mol. The van der Waals surface area contributed by atoms with Gasteiger partial charge in [0, 0.05) is 172 Å². The van der Waals surface area contributed by atoms with E-state index in [1.165, 1.54) is 5.56 Å². The van der Waals surface area contributed by atoms with Gasteiger partial charge in [0.05, 0.1) is 0 Å². The number of aryl methyl sites for hydroxylation is 3. The molecule has 2 aromatic heterocycles. The van der Waals surface area contributed by atoms with Crippen LogP contribution in [0.15, 0.2) is 0 Å². The molecule has 0 spiro atoms. The van der Waals surface area contributed by atoms with E-state index in [2.05, 4.69) is 28.1 Å². The first-order valence-corrected chi connectivity index (χ1v) is 4.40. The van der Waals surface area contributed by atoms with Crippen LogP contribution < -0.4 is 4.98 Å². The quantitative estimate of drug-likeness (QED) is 0.444. The van der Waals surface area contributed by atoms with Gasteiger partial charge < -0.3 is 15.0 Å². The van der Waals surface area contributed by atoms with Crippen molar-refractivity contribution in [1.29, 1.82) is 0 Å². The monoisotopic (exact) mass is 644 g/mol. The van der Waals surface area contributed by atoms with Crippen LogP contribution in [0.3, 0.4) is 0 Å². The van der Waals surface area contributed by atoms with E-state index in [9.17, 15) is 0 Å². The van der Waals surface area contributed by atoms with E-state index in [0.29, 0.717) is 0 Å². The van der Waals surface area contributed by atoms with E-state index in [-0.39, 0.29) is 172 Å². The zero-order valence-electron chi connectivity index (χ0n) is 11.6. The fraction of sp³-hybridized carbons (Fsp3) is 0.400. The molecule has 0 amide bonds. The summed E-state index contributed by atoms with van der Waals surface area (Å²) < 4.78 is 0. The van der Waals surface area contributed by atoms with E-state index in [1.54, 1.807) is 0 Å². The van der Waals surface area contributed by atoms with Crippen LogP contribution in [0.1, 0.15) is 24.0 Å². The van der Waals surface area contributed by atoms with Gasteiger partial charge in [0.1, 0.15) is 0 Å². The molecule has 0 unspecified atom stereocenters. The van der Waals surface area contributed by atoms with E-state index >= 15 is 0 Å². The van der Waals surface area contributed by atoms with Crippen molar-refractivity contribution in [3.8, 4) is 0 Å². The van der Waals surface area contributed by atoms with Gasteiger partial charge in [0.25, 0.3) is 0 Å². The first kappa shape index (κ1) is 39.4. The van der Waals surface area contributed by atoms with Crippen LogP contribution >= 0.6 is 0 Å². The molecule has 0 aliphatic heterocycles. The predicted octanol–water partition coefficient (Wildman–Crippen LogP) is 1.55. The number of imidazole rings is 1. The van der Waals surface area contributed by atoms with Crippen LogP contribution in [0, 0.1) is 20.0 Å². The van der Waals surface area contributed by atoms with Crippen LogP contribution in [0.4, 0.5) is 0 Å². The molecule has 0 aromatic carbocycles. The first-order chi connectivity index (χ1) is 6.22. The number of hydrogen-bond acceptors (Lipinski definition) is 2. The molecule has 2 heterocycles. The number of rotatable bonds is 1. The summed E-state index contributed by atoms with van der Waals surface area (Å²) in [7, 11) is 0. The summed E-state index contributed by atoms with van der Waals surface area (Å²) in [6.07, 6.45) is 3.84. The molecule has 0 atom stereocenters. The summed E-state index contributed by atoms with van der Waals surface area (Å²) in [5, 5.41) is 0. The number of aromatic nitrogens is 3. The van der Waals surface area contributed by atoms with Crippen molar-refractivity contribution in [1.82, 2.24) is 15.0 Å². The molecule has 0 aliphatic rings. The molecule has 0 saturated heterocycles. The average Bonchev–Trinajstić information content (AvgIpc) is 2.45. The van der Waals surface area contributed by atoms with Gasteiger partial charge in [-0.05, 0) is 6.92 Å². The van der Waals surface area contributed by atoms with Gasteiger partial charge in [0.15, 0.2) is 0 Å². The van der Waals surface area contributed by atoms with Crippen molar-refractivity contribution in [2.45, 2.75) is 27.2 Å². The molecule has 10 heteroatoms. The Kier molecular flexibility index (Phi) is 38.6. The second-order valence-electron chi connectivity index (χ2n) is 3.11. The molecule has 0 bridgehead atoms. The van der Waals surface area contributed by atoms with Gasteiger partial charge in [-0.15, -0.1) is 16.6 Å². The molecule has 7 radical (unpaired) electrons. The van der Waals surface area contributed by atoms with E-state index in [0.717, 1.165) is 29.0 Å². The maximum atomic E-state index is 4.36. The van der Waals surface area contributed by atoms with Crippen LogP contribution in [-0.2, 0) is 179 Å². The van der Waals surface area contributed by atoms with Crippen molar-refractivity contribution in [2.24, 2.45) is 0 Å². The van der Waals surface area contributed by atoms with Gasteiger partial charge in [-0.3, -0.25) is 0 Å². The number of pyridine rings is 1. The Balaban J connectivity index is -0.0000000700. The molecule has 0 N–H and O–H groups in total. The Morgan fingerprint density at radius 2 is 1.50 bits per heavy atom. The Labute approximate surface area is 243 Å². The Morgan fingerprint density at radius 3 is 1.95 bits per heavy atom. The molecule has 0 fully saturated rings. The van der Waals surface area contributed by atoms with Crippen molar-refractivity contribution in [3.05, 3.63) is 23.3 Å². The minimum Gasteiger partial charge on any atom is -0.502 e. The SMILES string of the molecule is CCc1c(C)n[c-]c2nc(C)[n-]c12.[V].[V].[V].[V].[Y].[Y].[Y]. The van der Waals surface area contributed by atoms with Crippen molar-refractivity contribution in [3.63, 3.8) is 0 Å². The molecule has 0 saturated carbocycles. The maximum Gasteiger partial charge on any atom is 0 e. The summed E-state index contributed by atoms with van der Waals surface area (Å²) in [6, 6.07) is 0. The topological polar surface area (TPSA) is 39.9 Å². The van der Waals surface area contributed by atoms with Crippen LogP contribution in [0.2, 0.25) is 0 Å². The van der Waals surface area contributed by atoms with Crippen LogP contribution in [-0.4, -0.2) is 9.97 Å². The second kappa shape index (κ2) is 19.6. The van der Waals surface area contributed by atoms with Crippen LogP contribution in [0.25, 0.3) is 11.0 Å². The standard InChI is InChI=1S/C10H11N3.4V.3Y/c1-4-8-6(2)11-5-9-10(8)13-7(3)12-9;;;;;;;/h4H2,1-3H3;;;;;;;/q-2;;;;;;;. The summed E-state index contributed by atoms with van der Waals surface area (Å²) >= 11 is 0. The van der Waals surface area contributed by atoms with Gasteiger partial charge in [-0.25, -0.2) is 0 Å². The number of nitrogens with zero attached hydrogens (tertiary/aromatic N) is 3. The summed E-state index contributed by atoms with van der Waals surface area (Å²) in [5.74, 6) is 0.799. The van der Waals surface area contributed by atoms with E-state index in [4.69, 9.17) is 0 Å². The minimum absolute atomic E-state index is 0. The van der Waals surface area contributed by atoms with Gasteiger partial charge in [-0.2, -0.15) is 0 Å². The second-order valence-corrected chi connectivity index (χ2v) is 3.11. The van der Waals surface area contributed by atoms with Gasteiger partial charge >= 0.3 is 0 Å². The summed E-state index contributed by atoms with van der Waals surface area (Å²) in [5.41, 5.74) is 3.96. The Morgan fingerprint density at radius 1 is 1.00 bits per heavy atom. The Hall–Kier alpha value is 4.27. The molecule has 20 heavy (non-hydrogen) atoms. The molecule has 2 rings (SSSR count). The normalized spacial score (nSPS) is 7.15. The zero-order valence-corrected chi connectivity index (χ0v) is 25.7. The molecule has 3 nitrogen and oxygen atoms in total. The largest absolute Gasteiger partial charge is 0.502 e. The fourth-order valence-corrected chi connectivity index (χ4v) is 1.54. The third kappa shape index (κ3) is 10.3. The molecule has 2 aromatic rings. The minimum atomic E-state index is 0. The number of hydrogen-bond donors (Lipinski definition) is 0. The fourth-order valence-electron chi connectivity index (χ4n) is 1.54. The van der Waals surface area contributed by atoms with Gasteiger partial charge in [-0.1, -0.05) is 38.0 Å². The smallest absolute Gasteiger partial charge is 0 e. The van der Waals surface area contributed by atoms with E-state index < -0.39 is 0 Å². The third-order valence-corrected chi connectivity index (χ3v) is 2.18. The van der Waals surface area contributed by atoms with Crippen molar-refractivity contribution < 1.29 is 172 Å². The van der Waals surface area contributed by atoms with E-state index in [1.807, 2.05) is 13.8 Å². The van der Waals surface area contributed by atoms with Gasteiger partial charge in [0.2, 0.25) is 0 Å². The summed E-state index contributed by atoms with van der Waals surface area (Å²) in [6.45, 7) is 5.98. The molecule has 0 aliphatic carbocycles.